The number of hydrogen-bond donors (Lipinski definition) is 2. The summed E-state index contributed by atoms with van der Waals surface area (Å²) in [6.45, 7) is 0. The number of anilines is 1. The van der Waals surface area contributed by atoms with Gasteiger partial charge >= 0.3 is 5.69 Å². The molecule has 0 unspecified atom stereocenters. The molecule has 0 atom stereocenters. The largest absolute Gasteiger partial charge is 0.493 e. The van der Waals surface area contributed by atoms with Crippen LogP contribution in [0.2, 0.25) is 0 Å². The predicted octanol–water partition coefficient (Wildman–Crippen LogP) is 0.145. The van der Waals surface area contributed by atoms with Crippen LogP contribution in [0.4, 0.5) is 5.95 Å². The number of aromatic nitrogens is 3. The SMILES string of the molecule is COc1ccc(-c2nc(NN)nc(=O)n2C)cc1OC. The molecule has 8 heteroatoms. The van der Waals surface area contributed by atoms with Crippen molar-refractivity contribution < 1.29 is 9.47 Å². The summed E-state index contributed by atoms with van der Waals surface area (Å²) in [6, 6.07) is 5.22. The lowest BCUT2D eigenvalue weighted by atomic mass is 10.2. The van der Waals surface area contributed by atoms with Crippen LogP contribution in [0.3, 0.4) is 0 Å². The van der Waals surface area contributed by atoms with Crippen LogP contribution in [0.1, 0.15) is 0 Å². The predicted molar refractivity (Wildman–Crippen MR) is 73.6 cm³/mol. The molecule has 0 aliphatic carbocycles. The molecule has 1 aromatic carbocycles. The van der Waals surface area contributed by atoms with E-state index in [2.05, 4.69) is 15.4 Å². The van der Waals surface area contributed by atoms with Gasteiger partial charge in [-0.15, -0.1) is 0 Å². The molecule has 3 N–H and O–H groups in total. The quantitative estimate of drug-likeness (QED) is 0.605. The Kier molecular flexibility index (Phi) is 3.85. The van der Waals surface area contributed by atoms with E-state index in [1.54, 1.807) is 32.4 Å². The Hall–Kier alpha value is -2.61. The number of nitrogens with one attached hydrogen (secondary N) is 1. The Morgan fingerprint density at radius 3 is 2.50 bits per heavy atom. The summed E-state index contributed by atoms with van der Waals surface area (Å²) in [5.74, 6) is 6.85. The zero-order valence-corrected chi connectivity index (χ0v) is 11.4. The molecule has 8 nitrogen and oxygen atoms in total. The van der Waals surface area contributed by atoms with E-state index in [9.17, 15) is 4.79 Å². The molecule has 0 fully saturated rings. The summed E-state index contributed by atoms with van der Waals surface area (Å²) in [6.07, 6.45) is 0. The molecular weight excluding hydrogens is 262 g/mol. The van der Waals surface area contributed by atoms with Gasteiger partial charge in [0.15, 0.2) is 11.5 Å². The standard InChI is InChI=1S/C12H15N5O3/c1-17-10(14-11(16-13)15-12(17)18)7-4-5-8(19-2)9(6-7)20-3/h4-6H,13H2,1-3H3,(H,15,16,18). The van der Waals surface area contributed by atoms with Gasteiger partial charge in [-0.05, 0) is 18.2 Å². The maximum Gasteiger partial charge on any atom is 0.352 e. The van der Waals surface area contributed by atoms with Gasteiger partial charge in [-0.3, -0.25) is 9.99 Å². The van der Waals surface area contributed by atoms with E-state index >= 15 is 0 Å². The van der Waals surface area contributed by atoms with Crippen LogP contribution < -0.4 is 26.4 Å². The number of nitrogens with zero attached hydrogens (tertiary/aromatic N) is 3. The maximum atomic E-state index is 11.7. The molecule has 20 heavy (non-hydrogen) atoms. The molecule has 1 heterocycles. The molecule has 0 saturated heterocycles. The Bertz CT molecular complexity index is 683. The van der Waals surface area contributed by atoms with Gasteiger partial charge in [0.05, 0.1) is 14.2 Å². The molecule has 0 aliphatic rings. The van der Waals surface area contributed by atoms with Crippen LogP contribution in [-0.4, -0.2) is 28.8 Å². The minimum Gasteiger partial charge on any atom is -0.493 e. The van der Waals surface area contributed by atoms with Gasteiger partial charge < -0.3 is 9.47 Å². The molecule has 0 bridgehead atoms. The first-order valence-electron chi connectivity index (χ1n) is 5.74. The van der Waals surface area contributed by atoms with E-state index in [4.69, 9.17) is 15.3 Å². The minimum absolute atomic E-state index is 0.0536. The fourth-order valence-electron chi connectivity index (χ4n) is 1.75. The van der Waals surface area contributed by atoms with Gasteiger partial charge in [0.1, 0.15) is 5.82 Å². The summed E-state index contributed by atoms with van der Waals surface area (Å²) in [4.78, 5) is 19.6. The second-order valence-corrected chi connectivity index (χ2v) is 3.93. The number of ether oxygens (including phenoxy) is 2. The van der Waals surface area contributed by atoms with Gasteiger partial charge in [0.2, 0.25) is 5.95 Å². The molecule has 0 amide bonds. The third-order valence-corrected chi connectivity index (χ3v) is 2.79. The molecule has 0 radical (unpaired) electrons. The van der Waals surface area contributed by atoms with E-state index in [1.165, 1.54) is 11.7 Å². The smallest absolute Gasteiger partial charge is 0.352 e. The summed E-state index contributed by atoms with van der Waals surface area (Å²) < 4.78 is 11.7. The monoisotopic (exact) mass is 277 g/mol. The Morgan fingerprint density at radius 1 is 1.20 bits per heavy atom. The van der Waals surface area contributed by atoms with E-state index in [-0.39, 0.29) is 5.95 Å². The second kappa shape index (κ2) is 5.57. The Morgan fingerprint density at radius 2 is 1.90 bits per heavy atom. The van der Waals surface area contributed by atoms with E-state index in [0.29, 0.717) is 22.9 Å². The fourth-order valence-corrected chi connectivity index (χ4v) is 1.75. The molecule has 2 aromatic rings. The van der Waals surface area contributed by atoms with E-state index in [0.717, 1.165) is 0 Å². The van der Waals surface area contributed by atoms with Crippen molar-refractivity contribution in [3.63, 3.8) is 0 Å². The van der Waals surface area contributed by atoms with Crippen molar-refractivity contribution in [1.82, 2.24) is 14.5 Å². The lowest BCUT2D eigenvalue weighted by molar-refractivity contribution is 0.355. The van der Waals surface area contributed by atoms with Crippen LogP contribution in [0.15, 0.2) is 23.0 Å². The second-order valence-electron chi connectivity index (χ2n) is 3.93. The number of hydrazine groups is 1. The average molecular weight is 277 g/mol. The van der Waals surface area contributed by atoms with Crippen LogP contribution in [0.25, 0.3) is 11.4 Å². The lowest BCUT2D eigenvalue weighted by Crippen LogP contribution is -2.26. The molecule has 106 valence electrons. The Balaban J connectivity index is 2.62. The van der Waals surface area contributed by atoms with Gasteiger partial charge in [-0.1, -0.05) is 0 Å². The number of methoxy groups -OCH3 is 2. The molecule has 0 aliphatic heterocycles. The van der Waals surface area contributed by atoms with Crippen molar-refractivity contribution >= 4 is 5.95 Å². The highest BCUT2D eigenvalue weighted by Crippen LogP contribution is 2.31. The highest BCUT2D eigenvalue weighted by atomic mass is 16.5. The zero-order chi connectivity index (χ0) is 14.7. The molecule has 0 saturated carbocycles. The number of hydrogen-bond acceptors (Lipinski definition) is 7. The van der Waals surface area contributed by atoms with E-state index < -0.39 is 5.69 Å². The summed E-state index contributed by atoms with van der Waals surface area (Å²) >= 11 is 0. The number of nitrogens with two attached hydrogens (primary N) is 1. The van der Waals surface area contributed by atoms with Crippen molar-refractivity contribution in [2.75, 3.05) is 19.6 Å². The zero-order valence-electron chi connectivity index (χ0n) is 11.4. The van der Waals surface area contributed by atoms with Crippen LogP contribution in [0.5, 0.6) is 11.5 Å². The Labute approximate surface area is 115 Å². The van der Waals surface area contributed by atoms with Crippen LogP contribution >= 0.6 is 0 Å². The average Bonchev–Trinajstić information content (AvgIpc) is 2.49. The fraction of sp³-hybridized carbons (Fsp3) is 0.250. The third-order valence-electron chi connectivity index (χ3n) is 2.79. The first kappa shape index (κ1) is 13.8. The van der Waals surface area contributed by atoms with Gasteiger partial charge in [-0.2, -0.15) is 9.97 Å². The van der Waals surface area contributed by atoms with Crippen molar-refractivity contribution in [2.24, 2.45) is 12.9 Å². The number of nitrogen functional groups attached to an aromatic ring is 1. The van der Waals surface area contributed by atoms with Gasteiger partial charge in [0, 0.05) is 12.6 Å². The highest BCUT2D eigenvalue weighted by Gasteiger charge is 2.12. The first-order valence-corrected chi connectivity index (χ1v) is 5.74. The van der Waals surface area contributed by atoms with Crippen molar-refractivity contribution in [1.29, 1.82) is 0 Å². The lowest BCUT2D eigenvalue weighted by Gasteiger charge is -2.11. The normalized spacial score (nSPS) is 10.2. The van der Waals surface area contributed by atoms with Crippen LogP contribution in [0, 0.1) is 0 Å². The summed E-state index contributed by atoms with van der Waals surface area (Å²) in [7, 11) is 4.66. The topological polar surface area (TPSA) is 104 Å². The number of rotatable bonds is 4. The highest BCUT2D eigenvalue weighted by molar-refractivity contribution is 5.62. The van der Waals surface area contributed by atoms with Gasteiger partial charge in [0.25, 0.3) is 0 Å². The van der Waals surface area contributed by atoms with Gasteiger partial charge in [-0.25, -0.2) is 10.6 Å². The number of benzene rings is 1. The van der Waals surface area contributed by atoms with Crippen molar-refractivity contribution in [2.45, 2.75) is 0 Å². The minimum atomic E-state index is -0.460. The van der Waals surface area contributed by atoms with Crippen molar-refractivity contribution in [3.05, 3.63) is 28.7 Å². The third kappa shape index (κ3) is 2.41. The summed E-state index contributed by atoms with van der Waals surface area (Å²) in [5, 5.41) is 0. The first-order chi connectivity index (χ1) is 9.60. The van der Waals surface area contributed by atoms with Crippen molar-refractivity contribution in [3.8, 4) is 22.9 Å². The molecular formula is C12H15N5O3. The molecule has 1 aromatic heterocycles. The maximum absolute atomic E-state index is 11.7. The molecule has 2 rings (SSSR count). The summed E-state index contributed by atoms with van der Waals surface area (Å²) in [5.41, 5.74) is 2.49. The van der Waals surface area contributed by atoms with Crippen LogP contribution in [-0.2, 0) is 7.05 Å². The van der Waals surface area contributed by atoms with E-state index in [1.807, 2.05) is 0 Å². The molecule has 0 spiro atoms.